The van der Waals surface area contributed by atoms with Crippen LogP contribution in [0, 0.1) is 0 Å². The monoisotopic (exact) mass is 446 g/mol. The van der Waals surface area contributed by atoms with Crippen molar-refractivity contribution in [1.29, 1.82) is 0 Å². The van der Waals surface area contributed by atoms with Crippen molar-refractivity contribution < 1.29 is 12.6 Å². The summed E-state index contributed by atoms with van der Waals surface area (Å²) in [6, 6.07) is 6.63. The van der Waals surface area contributed by atoms with E-state index in [1.54, 1.807) is 24.3 Å². The minimum atomic E-state index is -3.63. The first-order valence-corrected chi connectivity index (χ1v) is 12.4. The Balaban J connectivity index is 1.95. The van der Waals surface area contributed by atoms with Crippen LogP contribution in [0.25, 0.3) is 0 Å². The van der Waals surface area contributed by atoms with Gasteiger partial charge in [-0.3, -0.25) is 4.18 Å². The fourth-order valence-electron chi connectivity index (χ4n) is 2.98. The van der Waals surface area contributed by atoms with Gasteiger partial charge in [0.2, 0.25) is 0 Å². The lowest BCUT2D eigenvalue weighted by Gasteiger charge is -2.06. The van der Waals surface area contributed by atoms with Gasteiger partial charge in [-0.1, -0.05) is 106 Å². The molecule has 1 aromatic rings. The molecule has 0 saturated heterocycles. The van der Waals surface area contributed by atoms with Crippen LogP contribution in [0.2, 0.25) is 0 Å². The maximum absolute atomic E-state index is 12.1. The second-order valence-electron chi connectivity index (χ2n) is 6.98. The van der Waals surface area contributed by atoms with Gasteiger partial charge >= 0.3 is 0 Å². The molecule has 0 bridgehead atoms. The van der Waals surface area contributed by atoms with Crippen LogP contribution in [0.1, 0.15) is 90.4 Å². The zero-order valence-electron chi connectivity index (χ0n) is 16.2. The molecule has 0 aromatic heterocycles. The minimum Gasteiger partial charge on any atom is -0.266 e. The Morgan fingerprint density at radius 2 is 1.31 bits per heavy atom. The predicted molar refractivity (Wildman–Crippen MR) is 113 cm³/mol. The molecular formula is C21H35BrO3S. The largest absolute Gasteiger partial charge is 0.297 e. The topological polar surface area (TPSA) is 43.4 Å². The lowest BCUT2D eigenvalue weighted by Crippen LogP contribution is -2.07. The van der Waals surface area contributed by atoms with E-state index in [-0.39, 0.29) is 11.5 Å². The molecule has 5 heteroatoms. The smallest absolute Gasteiger partial charge is 0.266 e. The summed E-state index contributed by atoms with van der Waals surface area (Å²) in [6.45, 7) is 2.53. The highest BCUT2D eigenvalue weighted by Crippen LogP contribution is 2.18. The molecule has 0 spiro atoms. The maximum atomic E-state index is 12.1. The third kappa shape index (κ3) is 11.3. The molecule has 0 radical (unpaired) electrons. The molecule has 1 rings (SSSR count). The number of halogens is 1. The minimum absolute atomic E-state index is 0.210. The van der Waals surface area contributed by atoms with Gasteiger partial charge in [0.05, 0.1) is 11.5 Å². The van der Waals surface area contributed by atoms with E-state index in [4.69, 9.17) is 4.18 Å². The predicted octanol–water partition coefficient (Wildman–Crippen LogP) is 7.25. The van der Waals surface area contributed by atoms with Crippen molar-refractivity contribution in [3.8, 4) is 0 Å². The average molecular weight is 447 g/mol. The summed E-state index contributed by atoms with van der Waals surface area (Å²) < 4.78 is 30.0. The van der Waals surface area contributed by atoms with Crippen LogP contribution in [0.4, 0.5) is 0 Å². The summed E-state index contributed by atoms with van der Waals surface area (Å²) in [6.07, 6.45) is 16.5. The van der Waals surface area contributed by atoms with Crippen LogP contribution in [0.5, 0.6) is 0 Å². The van der Waals surface area contributed by atoms with Gasteiger partial charge in [-0.15, -0.1) is 0 Å². The Morgan fingerprint density at radius 3 is 1.81 bits per heavy atom. The number of benzene rings is 1. The number of rotatable bonds is 16. The van der Waals surface area contributed by atoms with Gasteiger partial charge in [0.15, 0.2) is 0 Å². The molecule has 0 atom stereocenters. The highest BCUT2D eigenvalue weighted by atomic mass is 79.9. The molecule has 26 heavy (non-hydrogen) atoms. The summed E-state index contributed by atoms with van der Waals surface area (Å²) in [7, 11) is -3.63. The number of unbranched alkanes of at least 4 members (excludes halogenated alkanes) is 12. The lowest BCUT2D eigenvalue weighted by molar-refractivity contribution is 0.306. The zero-order valence-corrected chi connectivity index (χ0v) is 18.6. The first-order chi connectivity index (χ1) is 12.6. The molecule has 0 aliphatic heterocycles. The van der Waals surface area contributed by atoms with Gasteiger partial charge in [0, 0.05) is 4.47 Å². The molecule has 0 saturated carbocycles. The molecule has 0 fully saturated rings. The summed E-state index contributed by atoms with van der Waals surface area (Å²) >= 11 is 3.28. The summed E-state index contributed by atoms with van der Waals surface area (Å²) in [4.78, 5) is 0.210. The average Bonchev–Trinajstić information content (AvgIpc) is 2.62. The van der Waals surface area contributed by atoms with Crippen molar-refractivity contribution in [3.05, 3.63) is 28.7 Å². The third-order valence-corrected chi connectivity index (χ3v) is 6.37. The van der Waals surface area contributed by atoms with Crippen molar-refractivity contribution >= 4 is 26.0 Å². The van der Waals surface area contributed by atoms with E-state index >= 15 is 0 Å². The molecule has 0 N–H and O–H groups in total. The van der Waals surface area contributed by atoms with Crippen molar-refractivity contribution in [2.24, 2.45) is 0 Å². The van der Waals surface area contributed by atoms with Crippen molar-refractivity contribution in [3.63, 3.8) is 0 Å². The van der Waals surface area contributed by atoms with Crippen LogP contribution < -0.4 is 0 Å². The molecule has 0 aliphatic carbocycles. The van der Waals surface area contributed by atoms with Gasteiger partial charge in [-0.05, 0) is 24.6 Å². The summed E-state index contributed by atoms with van der Waals surface area (Å²) in [5.74, 6) is 0. The molecule has 0 aliphatic rings. The van der Waals surface area contributed by atoms with Crippen LogP contribution in [0.15, 0.2) is 33.6 Å². The highest BCUT2D eigenvalue weighted by molar-refractivity contribution is 9.10. The van der Waals surface area contributed by atoms with E-state index < -0.39 is 10.1 Å². The van der Waals surface area contributed by atoms with Crippen molar-refractivity contribution in [1.82, 2.24) is 0 Å². The number of hydrogen-bond donors (Lipinski definition) is 0. The summed E-state index contributed by atoms with van der Waals surface area (Å²) in [5.41, 5.74) is 0. The molecule has 3 nitrogen and oxygen atoms in total. The summed E-state index contributed by atoms with van der Waals surface area (Å²) in [5, 5.41) is 0. The van der Waals surface area contributed by atoms with Gasteiger partial charge in [-0.25, -0.2) is 0 Å². The van der Waals surface area contributed by atoms with E-state index in [9.17, 15) is 8.42 Å². The molecule has 0 amide bonds. The molecule has 0 heterocycles. The zero-order chi connectivity index (χ0) is 19.1. The first kappa shape index (κ1) is 23.6. The molecule has 150 valence electrons. The fourth-order valence-corrected chi connectivity index (χ4v) is 4.52. The van der Waals surface area contributed by atoms with E-state index in [1.807, 2.05) is 0 Å². The van der Waals surface area contributed by atoms with E-state index in [1.165, 1.54) is 64.2 Å². The van der Waals surface area contributed by atoms with Crippen LogP contribution in [0.3, 0.4) is 0 Å². The Morgan fingerprint density at radius 1 is 0.808 bits per heavy atom. The van der Waals surface area contributed by atoms with Crippen LogP contribution >= 0.6 is 15.9 Å². The van der Waals surface area contributed by atoms with Crippen molar-refractivity contribution in [2.75, 3.05) is 6.61 Å². The first-order valence-electron chi connectivity index (χ1n) is 10.2. The third-order valence-electron chi connectivity index (χ3n) is 4.57. The normalized spacial score (nSPS) is 11.8. The van der Waals surface area contributed by atoms with Gasteiger partial charge in [0.25, 0.3) is 10.1 Å². The Hall–Kier alpha value is -0.390. The second-order valence-corrected chi connectivity index (χ2v) is 9.51. The van der Waals surface area contributed by atoms with E-state index in [0.29, 0.717) is 0 Å². The second kappa shape index (κ2) is 14.6. The lowest BCUT2D eigenvalue weighted by atomic mass is 10.0. The van der Waals surface area contributed by atoms with Gasteiger partial charge < -0.3 is 0 Å². The van der Waals surface area contributed by atoms with Crippen LogP contribution in [-0.2, 0) is 14.3 Å². The fraction of sp³-hybridized carbons (Fsp3) is 0.714. The molecule has 1 aromatic carbocycles. The van der Waals surface area contributed by atoms with Gasteiger partial charge in [-0.2, -0.15) is 8.42 Å². The Labute approximate surface area is 169 Å². The molecular weight excluding hydrogens is 412 g/mol. The maximum Gasteiger partial charge on any atom is 0.297 e. The highest BCUT2D eigenvalue weighted by Gasteiger charge is 2.14. The van der Waals surface area contributed by atoms with E-state index in [0.717, 1.165) is 23.7 Å². The standard InChI is InChI=1S/C21H35BrO3S/c1-2-3-4-5-6-7-8-9-10-11-12-13-14-18-25-26(23,24)21-17-15-16-20(22)19-21/h15-17,19H,2-14,18H2,1H3. The van der Waals surface area contributed by atoms with Gasteiger partial charge in [0.1, 0.15) is 0 Å². The Bertz CT molecular complexity index is 572. The Kier molecular flexibility index (Phi) is 13.3. The quantitative estimate of drug-likeness (QED) is 0.198. The SMILES string of the molecule is CCCCCCCCCCCCCCCOS(=O)(=O)c1cccc(Br)c1. The van der Waals surface area contributed by atoms with Crippen molar-refractivity contribution in [2.45, 2.75) is 95.3 Å². The van der Waals surface area contributed by atoms with Crippen LogP contribution in [-0.4, -0.2) is 15.0 Å². The number of hydrogen-bond acceptors (Lipinski definition) is 3. The molecule has 0 unspecified atom stereocenters. The van der Waals surface area contributed by atoms with E-state index in [2.05, 4.69) is 22.9 Å².